The average molecular weight is 288 g/mol. The molecule has 1 aliphatic carbocycles. The zero-order chi connectivity index (χ0) is 14.1. The van der Waals surface area contributed by atoms with Gasteiger partial charge in [0, 0.05) is 4.88 Å². The zero-order valence-corrected chi connectivity index (χ0v) is 12.0. The minimum Gasteiger partial charge on any atom is -0.323 e. The Morgan fingerprint density at radius 3 is 3.00 bits per heavy atom. The molecule has 104 valence electrons. The first-order chi connectivity index (χ1) is 9.67. The number of nitrogens with two attached hydrogens (primary N) is 1. The number of fused-ring (bicyclic) bond motifs is 1. The summed E-state index contributed by atoms with van der Waals surface area (Å²) in [6.07, 6.45) is 3.26. The van der Waals surface area contributed by atoms with Gasteiger partial charge in [0.2, 0.25) is 0 Å². The predicted octanol–water partition coefficient (Wildman–Crippen LogP) is 2.48. The van der Waals surface area contributed by atoms with Gasteiger partial charge < -0.3 is 5.43 Å². The maximum Gasteiger partial charge on any atom is 0.259 e. The molecule has 0 radical (unpaired) electrons. The third-order valence-corrected chi connectivity index (χ3v) is 4.46. The van der Waals surface area contributed by atoms with E-state index in [4.69, 9.17) is 5.84 Å². The van der Waals surface area contributed by atoms with Crippen LogP contribution in [0.2, 0.25) is 0 Å². The van der Waals surface area contributed by atoms with E-state index in [0.29, 0.717) is 16.4 Å². The lowest BCUT2D eigenvalue weighted by molar-refractivity contribution is 0.102. The first-order valence-electron chi connectivity index (χ1n) is 6.54. The number of benzene rings is 1. The van der Waals surface area contributed by atoms with Gasteiger partial charge in [-0.15, -0.1) is 11.3 Å². The number of hydrazine groups is 1. The molecule has 1 amide bonds. The highest BCUT2D eigenvalue weighted by molar-refractivity contribution is 7.16. The van der Waals surface area contributed by atoms with Gasteiger partial charge in [0.25, 0.3) is 5.91 Å². The summed E-state index contributed by atoms with van der Waals surface area (Å²) in [6, 6.07) is 5.52. The molecule has 0 atom stereocenters. The number of nitrogens with zero attached hydrogens (tertiary/aromatic N) is 1. The van der Waals surface area contributed by atoms with E-state index in [-0.39, 0.29) is 5.91 Å². The number of rotatable bonds is 3. The van der Waals surface area contributed by atoms with Crippen LogP contribution in [0.5, 0.6) is 0 Å². The van der Waals surface area contributed by atoms with Crippen molar-refractivity contribution in [3.8, 4) is 0 Å². The number of nitrogens with one attached hydrogen (secondary N) is 2. The molecule has 1 heterocycles. The fourth-order valence-corrected chi connectivity index (χ4v) is 3.42. The van der Waals surface area contributed by atoms with Crippen molar-refractivity contribution in [1.29, 1.82) is 0 Å². The molecule has 20 heavy (non-hydrogen) atoms. The zero-order valence-electron chi connectivity index (χ0n) is 11.2. The normalized spacial score (nSPS) is 13.1. The molecule has 0 saturated carbocycles. The smallest absolute Gasteiger partial charge is 0.259 e. The van der Waals surface area contributed by atoms with Gasteiger partial charge in [-0.05, 0) is 38.3 Å². The second-order valence-electron chi connectivity index (χ2n) is 4.89. The van der Waals surface area contributed by atoms with Crippen LogP contribution in [0.15, 0.2) is 18.2 Å². The van der Waals surface area contributed by atoms with Crippen LogP contribution in [0.25, 0.3) is 0 Å². The Morgan fingerprint density at radius 2 is 2.25 bits per heavy atom. The standard InChI is InChI=1S/C14H16N4OS/c1-8-5-6-10(18-15)9(7-8)13(19)17-14-16-11-3-2-4-12(11)20-14/h5-7,18H,2-4,15H2,1H3,(H,16,17,19). The Balaban J connectivity index is 1.83. The first kappa shape index (κ1) is 13.1. The van der Waals surface area contributed by atoms with Crippen molar-refractivity contribution < 1.29 is 4.79 Å². The van der Waals surface area contributed by atoms with E-state index in [0.717, 1.165) is 24.1 Å². The first-order valence-corrected chi connectivity index (χ1v) is 7.36. The van der Waals surface area contributed by atoms with Gasteiger partial charge >= 0.3 is 0 Å². The Morgan fingerprint density at radius 1 is 1.40 bits per heavy atom. The molecule has 2 aromatic rings. The van der Waals surface area contributed by atoms with Crippen LogP contribution in [-0.2, 0) is 12.8 Å². The maximum atomic E-state index is 12.3. The molecule has 4 N–H and O–H groups in total. The molecule has 0 saturated heterocycles. The average Bonchev–Trinajstić information content (AvgIpc) is 2.99. The van der Waals surface area contributed by atoms with Gasteiger partial charge in [-0.25, -0.2) is 4.98 Å². The molecule has 1 aromatic heterocycles. The highest BCUT2D eigenvalue weighted by Gasteiger charge is 2.19. The molecular formula is C14H16N4OS. The van der Waals surface area contributed by atoms with E-state index in [1.165, 1.54) is 11.3 Å². The summed E-state index contributed by atoms with van der Waals surface area (Å²) in [4.78, 5) is 18.1. The van der Waals surface area contributed by atoms with Gasteiger partial charge in [0.05, 0.1) is 16.9 Å². The number of nitrogen functional groups attached to an aromatic ring is 1. The van der Waals surface area contributed by atoms with E-state index in [1.54, 1.807) is 17.4 Å². The van der Waals surface area contributed by atoms with Gasteiger partial charge in [-0.3, -0.25) is 16.0 Å². The SMILES string of the molecule is Cc1ccc(NN)c(C(=O)Nc2nc3c(s2)CCC3)c1. The third-order valence-electron chi connectivity index (χ3n) is 3.39. The molecule has 0 aliphatic heterocycles. The van der Waals surface area contributed by atoms with E-state index in [1.807, 2.05) is 19.1 Å². The number of carbonyl (C=O) groups excluding carboxylic acids is 1. The Bertz CT molecular complexity index is 644. The molecule has 1 aliphatic rings. The van der Waals surface area contributed by atoms with Gasteiger partial charge in [-0.1, -0.05) is 11.6 Å². The van der Waals surface area contributed by atoms with E-state index in [9.17, 15) is 4.79 Å². The summed E-state index contributed by atoms with van der Waals surface area (Å²) in [5, 5.41) is 3.53. The number of hydrogen-bond donors (Lipinski definition) is 3. The fourth-order valence-electron chi connectivity index (χ4n) is 2.38. The van der Waals surface area contributed by atoms with Crippen molar-refractivity contribution in [2.24, 2.45) is 5.84 Å². The van der Waals surface area contributed by atoms with Gasteiger partial charge in [0.1, 0.15) is 0 Å². The van der Waals surface area contributed by atoms with Crippen LogP contribution in [0.4, 0.5) is 10.8 Å². The van der Waals surface area contributed by atoms with Crippen LogP contribution in [0.1, 0.15) is 32.9 Å². The lowest BCUT2D eigenvalue weighted by Crippen LogP contribution is -2.17. The third kappa shape index (κ3) is 2.39. The van der Waals surface area contributed by atoms with Crippen molar-refractivity contribution in [3.05, 3.63) is 39.9 Å². The molecule has 0 unspecified atom stereocenters. The Hall–Kier alpha value is -1.92. The highest BCUT2D eigenvalue weighted by Crippen LogP contribution is 2.31. The quantitative estimate of drug-likeness (QED) is 0.599. The van der Waals surface area contributed by atoms with Crippen molar-refractivity contribution in [3.63, 3.8) is 0 Å². The molecular weight excluding hydrogens is 272 g/mol. The summed E-state index contributed by atoms with van der Waals surface area (Å²) in [6.45, 7) is 1.94. The summed E-state index contributed by atoms with van der Waals surface area (Å²) >= 11 is 1.57. The second-order valence-corrected chi connectivity index (χ2v) is 5.97. The van der Waals surface area contributed by atoms with Crippen molar-refractivity contribution in [2.45, 2.75) is 26.2 Å². The lowest BCUT2D eigenvalue weighted by atomic mass is 10.1. The molecule has 1 aromatic carbocycles. The van der Waals surface area contributed by atoms with Crippen molar-refractivity contribution in [2.75, 3.05) is 10.7 Å². The van der Waals surface area contributed by atoms with Crippen LogP contribution < -0.4 is 16.6 Å². The van der Waals surface area contributed by atoms with E-state index < -0.39 is 0 Å². The maximum absolute atomic E-state index is 12.3. The summed E-state index contributed by atoms with van der Waals surface area (Å²) < 4.78 is 0. The predicted molar refractivity (Wildman–Crippen MR) is 81.1 cm³/mol. The molecule has 0 spiro atoms. The minimum atomic E-state index is -0.186. The number of aromatic nitrogens is 1. The van der Waals surface area contributed by atoms with Crippen LogP contribution in [0, 0.1) is 6.92 Å². The Kier molecular flexibility index (Phi) is 3.42. The van der Waals surface area contributed by atoms with Crippen LogP contribution in [-0.4, -0.2) is 10.9 Å². The molecule has 0 bridgehead atoms. The number of hydrogen-bond acceptors (Lipinski definition) is 5. The van der Waals surface area contributed by atoms with Crippen LogP contribution in [0.3, 0.4) is 0 Å². The Labute approximate surface area is 121 Å². The summed E-state index contributed by atoms with van der Waals surface area (Å²) in [5.74, 6) is 5.26. The van der Waals surface area contributed by atoms with Crippen molar-refractivity contribution in [1.82, 2.24) is 4.98 Å². The van der Waals surface area contributed by atoms with E-state index in [2.05, 4.69) is 15.7 Å². The molecule has 3 rings (SSSR count). The monoisotopic (exact) mass is 288 g/mol. The van der Waals surface area contributed by atoms with Gasteiger partial charge in [-0.2, -0.15) is 0 Å². The summed E-state index contributed by atoms with van der Waals surface area (Å²) in [5.41, 5.74) is 5.83. The number of aryl methyl sites for hydroxylation is 3. The van der Waals surface area contributed by atoms with Crippen LogP contribution >= 0.6 is 11.3 Å². The molecule has 6 heteroatoms. The number of thiazole rings is 1. The van der Waals surface area contributed by atoms with Crippen molar-refractivity contribution >= 4 is 28.1 Å². The molecule has 0 fully saturated rings. The number of amides is 1. The van der Waals surface area contributed by atoms with E-state index >= 15 is 0 Å². The largest absolute Gasteiger partial charge is 0.323 e. The second kappa shape index (κ2) is 5.22. The molecule has 5 nitrogen and oxygen atoms in total. The fraction of sp³-hybridized carbons (Fsp3) is 0.286. The number of carbonyl (C=O) groups is 1. The van der Waals surface area contributed by atoms with Gasteiger partial charge in [0.15, 0.2) is 5.13 Å². The summed E-state index contributed by atoms with van der Waals surface area (Å²) in [7, 11) is 0. The highest BCUT2D eigenvalue weighted by atomic mass is 32.1. The number of anilines is 2. The lowest BCUT2D eigenvalue weighted by Gasteiger charge is -2.09. The topological polar surface area (TPSA) is 80.0 Å². The minimum absolute atomic E-state index is 0.186.